The minimum Gasteiger partial charge on any atom is -0.475 e. The second kappa shape index (κ2) is 9.00. The van der Waals surface area contributed by atoms with E-state index in [1.165, 1.54) is 5.56 Å². The number of hydrogen-bond donors (Lipinski definition) is 1. The minimum absolute atomic E-state index is 0.128. The molecule has 0 aliphatic carbocycles. The number of aryl methyl sites for hydroxylation is 1. The molecular formula is C17H30N2O2. The van der Waals surface area contributed by atoms with E-state index in [-0.39, 0.29) is 5.60 Å². The van der Waals surface area contributed by atoms with Crippen LogP contribution in [0.2, 0.25) is 0 Å². The van der Waals surface area contributed by atoms with Crippen LogP contribution in [0, 0.1) is 0 Å². The molecule has 0 aliphatic heterocycles. The van der Waals surface area contributed by atoms with Crippen LogP contribution in [0.3, 0.4) is 0 Å². The normalized spacial score (nSPS) is 11.7. The van der Waals surface area contributed by atoms with Crippen molar-refractivity contribution in [3.05, 3.63) is 23.4 Å². The van der Waals surface area contributed by atoms with Gasteiger partial charge in [-0.3, -0.25) is 0 Å². The summed E-state index contributed by atoms with van der Waals surface area (Å²) in [5, 5.41) is 3.34. The molecule has 0 aromatic carbocycles. The van der Waals surface area contributed by atoms with E-state index in [1.807, 2.05) is 26.8 Å². The Morgan fingerprint density at radius 1 is 1.14 bits per heavy atom. The van der Waals surface area contributed by atoms with Gasteiger partial charge in [0.15, 0.2) is 0 Å². The van der Waals surface area contributed by atoms with Crippen molar-refractivity contribution < 1.29 is 9.47 Å². The molecule has 1 heterocycles. The van der Waals surface area contributed by atoms with E-state index in [4.69, 9.17) is 9.47 Å². The van der Waals surface area contributed by atoms with Gasteiger partial charge in [-0.25, -0.2) is 4.98 Å². The molecule has 0 unspecified atom stereocenters. The van der Waals surface area contributed by atoms with Crippen molar-refractivity contribution in [2.75, 3.05) is 19.8 Å². The molecule has 1 aromatic rings. The number of rotatable bonds is 9. The largest absolute Gasteiger partial charge is 0.475 e. The van der Waals surface area contributed by atoms with Crippen LogP contribution in [0.5, 0.6) is 5.88 Å². The highest BCUT2D eigenvalue weighted by Gasteiger charge is 2.10. The Morgan fingerprint density at radius 3 is 2.52 bits per heavy atom. The summed E-state index contributed by atoms with van der Waals surface area (Å²) in [6, 6.07) is 4.17. The van der Waals surface area contributed by atoms with Crippen molar-refractivity contribution in [2.24, 2.45) is 0 Å². The molecule has 0 aliphatic rings. The zero-order valence-electron chi connectivity index (χ0n) is 14.2. The van der Waals surface area contributed by atoms with E-state index in [0.29, 0.717) is 19.1 Å². The van der Waals surface area contributed by atoms with Crippen molar-refractivity contribution in [3.8, 4) is 5.88 Å². The van der Waals surface area contributed by atoms with Crippen LogP contribution in [0.15, 0.2) is 12.1 Å². The van der Waals surface area contributed by atoms with Crippen LogP contribution in [-0.2, 0) is 17.7 Å². The monoisotopic (exact) mass is 294 g/mol. The van der Waals surface area contributed by atoms with Gasteiger partial charge in [0.1, 0.15) is 6.61 Å². The van der Waals surface area contributed by atoms with E-state index < -0.39 is 0 Å². The number of pyridine rings is 1. The maximum absolute atomic E-state index is 5.75. The first kappa shape index (κ1) is 17.9. The van der Waals surface area contributed by atoms with Crippen LogP contribution in [0.25, 0.3) is 0 Å². The molecule has 1 N–H and O–H groups in total. The fraction of sp³-hybridized carbons (Fsp3) is 0.706. The van der Waals surface area contributed by atoms with Gasteiger partial charge in [-0.15, -0.1) is 0 Å². The Balaban J connectivity index is 2.60. The molecule has 0 atom stereocenters. The molecule has 0 bridgehead atoms. The second-order valence-corrected chi connectivity index (χ2v) is 6.14. The predicted molar refractivity (Wildman–Crippen MR) is 86.8 cm³/mol. The summed E-state index contributed by atoms with van der Waals surface area (Å²) in [7, 11) is 0. The maximum atomic E-state index is 5.75. The van der Waals surface area contributed by atoms with E-state index >= 15 is 0 Å². The topological polar surface area (TPSA) is 43.4 Å². The number of aromatic nitrogens is 1. The summed E-state index contributed by atoms with van der Waals surface area (Å²) in [5.41, 5.74) is 2.19. The maximum Gasteiger partial charge on any atom is 0.213 e. The van der Waals surface area contributed by atoms with Gasteiger partial charge in [0.2, 0.25) is 5.88 Å². The van der Waals surface area contributed by atoms with E-state index in [0.717, 1.165) is 31.6 Å². The van der Waals surface area contributed by atoms with Crippen molar-refractivity contribution in [1.29, 1.82) is 0 Å². The van der Waals surface area contributed by atoms with Crippen LogP contribution in [-0.4, -0.2) is 30.3 Å². The Labute approximate surface area is 129 Å². The average molecular weight is 294 g/mol. The third-order valence-electron chi connectivity index (χ3n) is 2.87. The van der Waals surface area contributed by atoms with Crippen molar-refractivity contribution in [2.45, 2.75) is 59.6 Å². The number of hydrogen-bond acceptors (Lipinski definition) is 4. The molecule has 1 rings (SSSR count). The predicted octanol–water partition coefficient (Wildman–Crippen LogP) is 3.34. The van der Waals surface area contributed by atoms with Gasteiger partial charge in [0.25, 0.3) is 0 Å². The van der Waals surface area contributed by atoms with Crippen LogP contribution >= 0.6 is 0 Å². The van der Waals surface area contributed by atoms with E-state index in [2.05, 4.69) is 30.2 Å². The lowest BCUT2D eigenvalue weighted by Gasteiger charge is -2.19. The first-order chi connectivity index (χ1) is 9.94. The second-order valence-electron chi connectivity index (χ2n) is 6.14. The lowest BCUT2D eigenvalue weighted by Crippen LogP contribution is -2.22. The smallest absolute Gasteiger partial charge is 0.213 e. The minimum atomic E-state index is -0.128. The Kier molecular flexibility index (Phi) is 7.68. The summed E-state index contributed by atoms with van der Waals surface area (Å²) in [6.07, 6.45) is 2.07. The van der Waals surface area contributed by atoms with Gasteiger partial charge >= 0.3 is 0 Å². The summed E-state index contributed by atoms with van der Waals surface area (Å²) < 4.78 is 11.4. The highest BCUT2D eigenvalue weighted by atomic mass is 16.5. The van der Waals surface area contributed by atoms with E-state index in [9.17, 15) is 0 Å². The standard InChI is InChI=1S/C17H30N2O2/c1-6-8-15-11-14(13-18-7-2)12-16(19-15)20-9-10-21-17(3,4)5/h11-12,18H,6-10,13H2,1-5H3. The molecule has 0 radical (unpaired) electrons. The molecule has 0 spiro atoms. The fourth-order valence-corrected chi connectivity index (χ4v) is 1.94. The number of nitrogens with one attached hydrogen (secondary N) is 1. The molecule has 1 aromatic heterocycles. The van der Waals surface area contributed by atoms with Gasteiger partial charge in [0.05, 0.1) is 12.2 Å². The lowest BCUT2D eigenvalue weighted by molar-refractivity contribution is -0.0168. The lowest BCUT2D eigenvalue weighted by atomic mass is 10.1. The van der Waals surface area contributed by atoms with Gasteiger partial charge < -0.3 is 14.8 Å². The molecule has 0 saturated carbocycles. The molecule has 4 heteroatoms. The SMILES string of the molecule is CCCc1cc(CNCC)cc(OCCOC(C)(C)C)n1. The summed E-state index contributed by atoms with van der Waals surface area (Å²) in [4.78, 5) is 4.56. The molecule has 21 heavy (non-hydrogen) atoms. The van der Waals surface area contributed by atoms with Gasteiger partial charge in [0, 0.05) is 18.3 Å². The van der Waals surface area contributed by atoms with Crippen LogP contribution in [0.4, 0.5) is 0 Å². The number of nitrogens with zero attached hydrogens (tertiary/aromatic N) is 1. The van der Waals surface area contributed by atoms with Crippen LogP contribution in [0.1, 0.15) is 52.3 Å². The average Bonchev–Trinajstić information content (AvgIpc) is 2.41. The first-order valence-corrected chi connectivity index (χ1v) is 7.92. The highest BCUT2D eigenvalue weighted by Crippen LogP contribution is 2.15. The molecule has 4 nitrogen and oxygen atoms in total. The molecule has 0 amide bonds. The summed E-state index contributed by atoms with van der Waals surface area (Å²) >= 11 is 0. The molecular weight excluding hydrogens is 264 g/mol. The summed E-state index contributed by atoms with van der Waals surface area (Å²) in [5.74, 6) is 0.700. The van der Waals surface area contributed by atoms with Gasteiger partial charge in [-0.1, -0.05) is 20.3 Å². The summed E-state index contributed by atoms with van der Waals surface area (Å²) in [6.45, 7) is 13.3. The highest BCUT2D eigenvalue weighted by molar-refractivity contribution is 5.25. The van der Waals surface area contributed by atoms with Crippen LogP contribution < -0.4 is 10.1 Å². The Bertz CT molecular complexity index is 414. The molecule has 0 fully saturated rings. The van der Waals surface area contributed by atoms with Gasteiger partial charge in [-0.2, -0.15) is 0 Å². The van der Waals surface area contributed by atoms with E-state index in [1.54, 1.807) is 0 Å². The fourth-order valence-electron chi connectivity index (χ4n) is 1.94. The Hall–Kier alpha value is -1.13. The zero-order valence-corrected chi connectivity index (χ0v) is 14.2. The first-order valence-electron chi connectivity index (χ1n) is 7.92. The van der Waals surface area contributed by atoms with Gasteiger partial charge in [-0.05, 0) is 45.4 Å². The van der Waals surface area contributed by atoms with Crippen molar-refractivity contribution >= 4 is 0 Å². The number of ether oxygens (including phenoxy) is 2. The zero-order chi connectivity index (χ0) is 15.7. The van der Waals surface area contributed by atoms with Crippen molar-refractivity contribution in [1.82, 2.24) is 10.3 Å². The third-order valence-corrected chi connectivity index (χ3v) is 2.87. The Morgan fingerprint density at radius 2 is 1.90 bits per heavy atom. The quantitative estimate of drug-likeness (QED) is 0.709. The van der Waals surface area contributed by atoms with Crippen molar-refractivity contribution in [3.63, 3.8) is 0 Å². The molecule has 0 saturated heterocycles. The molecule has 120 valence electrons. The third kappa shape index (κ3) is 8.02.